The van der Waals surface area contributed by atoms with E-state index in [4.69, 9.17) is 9.47 Å². The van der Waals surface area contributed by atoms with Crippen molar-refractivity contribution in [3.63, 3.8) is 0 Å². The molecule has 1 fully saturated rings. The Labute approximate surface area is 167 Å². The third kappa shape index (κ3) is 4.33. The zero-order valence-electron chi connectivity index (χ0n) is 17.4. The summed E-state index contributed by atoms with van der Waals surface area (Å²) >= 11 is 0. The summed E-state index contributed by atoms with van der Waals surface area (Å²) in [5, 5.41) is 11.2. The molecule has 0 aliphatic carbocycles. The molecule has 0 unspecified atom stereocenters. The molecule has 6 heteroatoms. The molecule has 0 bridgehead atoms. The number of aliphatic hydroxyl groups is 1. The van der Waals surface area contributed by atoms with E-state index in [1.54, 1.807) is 6.92 Å². The van der Waals surface area contributed by atoms with E-state index in [9.17, 15) is 9.90 Å². The van der Waals surface area contributed by atoms with Crippen molar-refractivity contribution < 1.29 is 19.4 Å². The van der Waals surface area contributed by atoms with Crippen molar-refractivity contribution >= 4 is 16.9 Å². The molecule has 0 radical (unpaired) electrons. The number of hydrogen-bond donors (Lipinski definition) is 1. The number of aromatic nitrogens is 1. The van der Waals surface area contributed by atoms with Crippen LogP contribution >= 0.6 is 0 Å². The number of fused-ring (bicyclic) bond motifs is 1. The standard InChI is InChI=1S/C22H32N2O4/c1-5-27-22(26)21-16(3)23(4)20-10-9-18(12-19(20)21)28-14-17(25)13-24-11-7-6-8-15(24)2/h9-10,12,15,17,25H,5-8,11,13-14H2,1-4H3/t15-,17-/m0/s1. The van der Waals surface area contributed by atoms with E-state index in [0.717, 1.165) is 23.1 Å². The topological polar surface area (TPSA) is 63.9 Å². The van der Waals surface area contributed by atoms with Gasteiger partial charge in [-0.05, 0) is 58.4 Å². The maximum Gasteiger partial charge on any atom is 0.340 e. The van der Waals surface area contributed by atoms with Crippen molar-refractivity contribution in [3.05, 3.63) is 29.5 Å². The van der Waals surface area contributed by atoms with E-state index in [-0.39, 0.29) is 12.6 Å². The second-order valence-electron chi connectivity index (χ2n) is 7.72. The molecular formula is C22H32N2O4. The largest absolute Gasteiger partial charge is 0.491 e. The van der Waals surface area contributed by atoms with E-state index in [0.29, 0.717) is 30.5 Å². The van der Waals surface area contributed by atoms with E-state index >= 15 is 0 Å². The Bertz CT molecular complexity index is 830. The number of carbonyl (C=O) groups excluding carboxylic acids is 1. The molecule has 1 aromatic carbocycles. The number of β-amino-alcohol motifs (C(OH)–C–C–N with tert-alkyl or cyclic N) is 1. The van der Waals surface area contributed by atoms with Crippen molar-refractivity contribution in [1.29, 1.82) is 0 Å². The number of aryl methyl sites for hydroxylation is 1. The van der Waals surface area contributed by atoms with Crippen LogP contribution in [0, 0.1) is 6.92 Å². The first-order chi connectivity index (χ1) is 13.4. The average Bonchev–Trinajstić information content (AvgIpc) is 2.92. The first kappa shape index (κ1) is 20.7. The summed E-state index contributed by atoms with van der Waals surface area (Å²) in [5.41, 5.74) is 2.40. The van der Waals surface area contributed by atoms with Crippen LogP contribution in [0.5, 0.6) is 5.75 Å². The van der Waals surface area contributed by atoms with Crippen molar-refractivity contribution in [3.8, 4) is 5.75 Å². The van der Waals surface area contributed by atoms with Crippen molar-refractivity contribution in [1.82, 2.24) is 9.47 Å². The summed E-state index contributed by atoms with van der Waals surface area (Å²) in [5.74, 6) is 0.330. The lowest BCUT2D eigenvalue weighted by Crippen LogP contribution is -2.43. The van der Waals surface area contributed by atoms with Crippen LogP contribution in [-0.2, 0) is 11.8 Å². The smallest absolute Gasteiger partial charge is 0.340 e. The molecule has 2 aromatic rings. The van der Waals surface area contributed by atoms with Gasteiger partial charge in [0, 0.05) is 36.2 Å². The summed E-state index contributed by atoms with van der Waals surface area (Å²) in [4.78, 5) is 14.7. The molecule has 0 spiro atoms. The molecule has 1 aliphatic heterocycles. The molecule has 154 valence electrons. The fourth-order valence-corrected chi connectivity index (χ4v) is 4.05. The summed E-state index contributed by atoms with van der Waals surface area (Å²) in [7, 11) is 1.93. The molecular weight excluding hydrogens is 356 g/mol. The number of carbonyl (C=O) groups is 1. The third-order valence-corrected chi connectivity index (χ3v) is 5.77. The molecule has 2 heterocycles. The van der Waals surface area contributed by atoms with Gasteiger partial charge in [-0.2, -0.15) is 0 Å². The molecule has 6 nitrogen and oxygen atoms in total. The average molecular weight is 389 g/mol. The normalized spacial score (nSPS) is 19.0. The Balaban J connectivity index is 1.71. The van der Waals surface area contributed by atoms with E-state index in [1.807, 2.05) is 36.7 Å². The Morgan fingerprint density at radius 2 is 2.14 bits per heavy atom. The van der Waals surface area contributed by atoms with Crippen LogP contribution in [0.25, 0.3) is 10.9 Å². The van der Waals surface area contributed by atoms with Gasteiger partial charge >= 0.3 is 5.97 Å². The molecule has 0 saturated carbocycles. The molecule has 28 heavy (non-hydrogen) atoms. The minimum Gasteiger partial charge on any atom is -0.491 e. The first-order valence-corrected chi connectivity index (χ1v) is 10.2. The summed E-state index contributed by atoms with van der Waals surface area (Å²) < 4.78 is 13.1. The van der Waals surface area contributed by atoms with Gasteiger partial charge in [-0.3, -0.25) is 4.90 Å². The molecule has 1 aliphatic rings. The second-order valence-corrected chi connectivity index (χ2v) is 7.72. The van der Waals surface area contributed by atoms with Crippen LogP contribution < -0.4 is 4.74 Å². The highest BCUT2D eigenvalue weighted by Crippen LogP contribution is 2.29. The maximum absolute atomic E-state index is 12.4. The Morgan fingerprint density at radius 3 is 2.86 bits per heavy atom. The van der Waals surface area contributed by atoms with Gasteiger partial charge in [-0.1, -0.05) is 6.42 Å². The molecule has 0 amide bonds. The molecule has 1 aromatic heterocycles. The van der Waals surface area contributed by atoms with Gasteiger partial charge in [-0.25, -0.2) is 4.79 Å². The van der Waals surface area contributed by atoms with Gasteiger partial charge in [0.05, 0.1) is 12.2 Å². The van der Waals surface area contributed by atoms with Crippen molar-refractivity contribution in [2.45, 2.75) is 52.2 Å². The zero-order valence-corrected chi connectivity index (χ0v) is 17.4. The predicted molar refractivity (Wildman–Crippen MR) is 110 cm³/mol. The SMILES string of the molecule is CCOC(=O)c1c(C)n(C)c2ccc(OC[C@@H](O)CN3CCCC[C@@H]3C)cc12. The van der Waals surface area contributed by atoms with Gasteiger partial charge in [0.1, 0.15) is 18.5 Å². The Morgan fingerprint density at radius 1 is 1.36 bits per heavy atom. The third-order valence-electron chi connectivity index (χ3n) is 5.77. The van der Waals surface area contributed by atoms with Crippen molar-refractivity contribution in [2.75, 3.05) is 26.3 Å². The molecule has 3 rings (SSSR count). The van der Waals surface area contributed by atoms with Gasteiger partial charge in [0.15, 0.2) is 0 Å². The number of benzene rings is 1. The summed E-state index contributed by atoms with van der Waals surface area (Å²) in [6.07, 6.45) is 3.11. The highest BCUT2D eigenvalue weighted by atomic mass is 16.5. The van der Waals surface area contributed by atoms with E-state index < -0.39 is 6.10 Å². The van der Waals surface area contributed by atoms with Gasteiger partial charge in [0.2, 0.25) is 0 Å². The number of nitrogens with zero attached hydrogens (tertiary/aromatic N) is 2. The maximum atomic E-state index is 12.4. The Kier molecular flexibility index (Phi) is 6.62. The van der Waals surface area contributed by atoms with Crippen LogP contribution in [-0.4, -0.2) is 59.0 Å². The summed E-state index contributed by atoms with van der Waals surface area (Å²) in [6, 6.07) is 6.20. The summed E-state index contributed by atoms with van der Waals surface area (Å²) in [6.45, 7) is 8.17. The molecule has 1 saturated heterocycles. The molecule has 2 atom stereocenters. The van der Waals surface area contributed by atoms with E-state index in [1.165, 1.54) is 19.3 Å². The lowest BCUT2D eigenvalue weighted by atomic mass is 10.0. The number of piperidine rings is 1. The first-order valence-electron chi connectivity index (χ1n) is 10.2. The highest BCUT2D eigenvalue weighted by Gasteiger charge is 2.22. The van der Waals surface area contributed by atoms with Crippen LogP contribution in [0.3, 0.4) is 0 Å². The second kappa shape index (κ2) is 8.97. The fraction of sp³-hybridized carbons (Fsp3) is 0.591. The van der Waals surface area contributed by atoms with Crippen LogP contribution in [0.4, 0.5) is 0 Å². The van der Waals surface area contributed by atoms with Crippen molar-refractivity contribution in [2.24, 2.45) is 7.05 Å². The van der Waals surface area contributed by atoms with Gasteiger partial charge in [0.25, 0.3) is 0 Å². The quantitative estimate of drug-likeness (QED) is 0.738. The number of aliphatic hydroxyl groups excluding tert-OH is 1. The lowest BCUT2D eigenvalue weighted by molar-refractivity contribution is 0.0438. The monoisotopic (exact) mass is 388 g/mol. The van der Waals surface area contributed by atoms with Gasteiger partial charge < -0.3 is 19.1 Å². The minimum atomic E-state index is -0.543. The van der Waals surface area contributed by atoms with Gasteiger partial charge in [-0.15, -0.1) is 0 Å². The van der Waals surface area contributed by atoms with E-state index in [2.05, 4.69) is 11.8 Å². The minimum absolute atomic E-state index is 0.231. The number of ether oxygens (including phenoxy) is 2. The number of hydrogen-bond acceptors (Lipinski definition) is 5. The predicted octanol–water partition coefficient (Wildman–Crippen LogP) is 3.28. The number of rotatable bonds is 7. The molecule has 1 N–H and O–H groups in total. The van der Waals surface area contributed by atoms with Crippen LogP contribution in [0.15, 0.2) is 18.2 Å². The number of likely N-dealkylation sites (tertiary alicyclic amines) is 1. The number of esters is 1. The lowest BCUT2D eigenvalue weighted by Gasteiger charge is -2.34. The zero-order chi connectivity index (χ0) is 20.3. The fourth-order valence-electron chi connectivity index (χ4n) is 4.05. The Hall–Kier alpha value is -2.05. The highest BCUT2D eigenvalue weighted by molar-refractivity contribution is 6.06. The van der Waals surface area contributed by atoms with Crippen LogP contribution in [0.2, 0.25) is 0 Å². The van der Waals surface area contributed by atoms with Crippen LogP contribution in [0.1, 0.15) is 49.2 Å².